The maximum absolute atomic E-state index is 12.1. The Labute approximate surface area is 143 Å². The fourth-order valence-electron chi connectivity index (χ4n) is 2.48. The minimum atomic E-state index is -0.659. The number of aromatic nitrogens is 3. The molecule has 1 aromatic carbocycles. The Bertz CT molecular complexity index is 1020. The van der Waals surface area contributed by atoms with E-state index in [2.05, 4.69) is 15.7 Å². The molecule has 0 bridgehead atoms. The summed E-state index contributed by atoms with van der Waals surface area (Å²) in [5.74, 6) is -0.632. The number of aryl methyl sites for hydroxylation is 2. The lowest BCUT2D eigenvalue weighted by atomic mass is 10.1. The van der Waals surface area contributed by atoms with Gasteiger partial charge in [-0.2, -0.15) is 0 Å². The molecule has 0 aliphatic rings. The van der Waals surface area contributed by atoms with E-state index in [4.69, 9.17) is 0 Å². The van der Waals surface area contributed by atoms with Crippen molar-refractivity contribution in [3.63, 3.8) is 0 Å². The summed E-state index contributed by atoms with van der Waals surface area (Å²) < 4.78 is 2.33. The highest BCUT2D eigenvalue weighted by Crippen LogP contribution is 2.15. The molecule has 128 valence electrons. The lowest BCUT2D eigenvalue weighted by molar-refractivity contribution is -0.120. The Morgan fingerprint density at radius 2 is 1.96 bits per heavy atom. The molecular formula is C17H17N5O3. The van der Waals surface area contributed by atoms with E-state index in [0.29, 0.717) is 11.3 Å². The Morgan fingerprint density at radius 1 is 1.16 bits per heavy atom. The molecule has 2 aromatic heterocycles. The standard InChI is InChI=1S/C17H17N5O3/c1-11-6-7-13(12(2)9-11)18-16(24)19-15(23)10-22-17(25)21-8-4-3-5-14(21)20-22/h3-9H,10H2,1-2H3,(H2,18,19,23,24). The summed E-state index contributed by atoms with van der Waals surface area (Å²) in [5.41, 5.74) is 2.56. The maximum atomic E-state index is 12.1. The van der Waals surface area contributed by atoms with Gasteiger partial charge < -0.3 is 5.32 Å². The average molecular weight is 339 g/mol. The number of hydrogen-bond acceptors (Lipinski definition) is 4. The van der Waals surface area contributed by atoms with Gasteiger partial charge in [-0.3, -0.25) is 14.5 Å². The van der Waals surface area contributed by atoms with E-state index < -0.39 is 17.6 Å². The largest absolute Gasteiger partial charge is 0.350 e. The molecule has 0 aliphatic carbocycles. The fourth-order valence-corrected chi connectivity index (χ4v) is 2.48. The number of benzene rings is 1. The molecule has 3 rings (SSSR count). The smallest absolute Gasteiger partial charge is 0.307 e. The quantitative estimate of drug-likeness (QED) is 0.755. The van der Waals surface area contributed by atoms with Crippen LogP contribution in [-0.2, 0) is 11.3 Å². The maximum Gasteiger partial charge on any atom is 0.350 e. The number of nitrogens with one attached hydrogen (secondary N) is 2. The third-order valence-electron chi connectivity index (χ3n) is 3.66. The third-order valence-corrected chi connectivity index (χ3v) is 3.66. The zero-order valence-corrected chi connectivity index (χ0v) is 13.8. The van der Waals surface area contributed by atoms with Crippen molar-refractivity contribution in [2.75, 3.05) is 5.32 Å². The van der Waals surface area contributed by atoms with E-state index >= 15 is 0 Å². The van der Waals surface area contributed by atoms with Gasteiger partial charge in [-0.1, -0.05) is 23.8 Å². The lowest BCUT2D eigenvalue weighted by Crippen LogP contribution is -2.38. The fraction of sp³-hybridized carbons (Fsp3) is 0.176. The SMILES string of the molecule is Cc1ccc(NC(=O)NC(=O)Cn2nc3ccccn3c2=O)c(C)c1. The Morgan fingerprint density at radius 3 is 2.68 bits per heavy atom. The van der Waals surface area contributed by atoms with Gasteiger partial charge in [0.1, 0.15) is 6.54 Å². The summed E-state index contributed by atoms with van der Waals surface area (Å²) in [5, 5.41) is 8.85. The lowest BCUT2D eigenvalue weighted by Gasteiger charge is -2.09. The molecule has 0 atom stereocenters. The van der Waals surface area contributed by atoms with Gasteiger partial charge in [0.25, 0.3) is 0 Å². The number of pyridine rings is 1. The topological polar surface area (TPSA) is 97.5 Å². The molecule has 0 saturated carbocycles. The normalized spacial score (nSPS) is 10.6. The van der Waals surface area contributed by atoms with Crippen LogP contribution in [0.3, 0.4) is 0 Å². The first kappa shape index (κ1) is 16.4. The number of hydrogen-bond donors (Lipinski definition) is 2. The number of urea groups is 1. The van der Waals surface area contributed by atoms with Gasteiger partial charge in [0, 0.05) is 11.9 Å². The summed E-state index contributed by atoms with van der Waals surface area (Å²) in [6.07, 6.45) is 1.56. The van der Waals surface area contributed by atoms with Gasteiger partial charge in [-0.15, -0.1) is 5.10 Å². The predicted molar refractivity (Wildman–Crippen MR) is 92.5 cm³/mol. The van der Waals surface area contributed by atoms with Gasteiger partial charge in [-0.05, 0) is 37.6 Å². The molecule has 25 heavy (non-hydrogen) atoms. The van der Waals surface area contributed by atoms with Crippen molar-refractivity contribution in [2.45, 2.75) is 20.4 Å². The molecule has 0 aliphatic heterocycles. The molecule has 0 unspecified atom stereocenters. The second-order valence-electron chi connectivity index (χ2n) is 5.69. The zero-order chi connectivity index (χ0) is 18.0. The van der Waals surface area contributed by atoms with Crippen molar-refractivity contribution in [1.29, 1.82) is 0 Å². The van der Waals surface area contributed by atoms with E-state index in [9.17, 15) is 14.4 Å². The number of carbonyl (C=O) groups excluding carboxylic acids is 2. The molecule has 2 heterocycles. The third kappa shape index (κ3) is 3.57. The molecule has 0 radical (unpaired) electrons. The van der Waals surface area contributed by atoms with Gasteiger partial charge >= 0.3 is 11.7 Å². The molecule has 8 heteroatoms. The Hall–Kier alpha value is -3.42. The van der Waals surface area contributed by atoms with E-state index in [1.165, 1.54) is 4.40 Å². The number of fused-ring (bicyclic) bond motifs is 1. The Kier molecular flexibility index (Phi) is 4.34. The highest BCUT2D eigenvalue weighted by atomic mass is 16.2. The van der Waals surface area contributed by atoms with Crippen molar-refractivity contribution in [2.24, 2.45) is 0 Å². The second-order valence-corrected chi connectivity index (χ2v) is 5.69. The van der Waals surface area contributed by atoms with Crippen LogP contribution in [-0.4, -0.2) is 26.1 Å². The van der Waals surface area contributed by atoms with Gasteiger partial charge in [0.05, 0.1) is 0 Å². The van der Waals surface area contributed by atoms with Crippen LogP contribution >= 0.6 is 0 Å². The van der Waals surface area contributed by atoms with Crippen molar-refractivity contribution in [3.05, 3.63) is 64.2 Å². The number of imide groups is 1. The van der Waals surface area contributed by atoms with Crippen LogP contribution in [0.1, 0.15) is 11.1 Å². The van der Waals surface area contributed by atoms with Crippen LogP contribution < -0.4 is 16.3 Å². The molecule has 3 aromatic rings. The highest BCUT2D eigenvalue weighted by molar-refractivity contribution is 6.01. The molecule has 0 spiro atoms. The van der Waals surface area contributed by atoms with Crippen LogP contribution in [0.5, 0.6) is 0 Å². The zero-order valence-electron chi connectivity index (χ0n) is 13.8. The first-order chi connectivity index (χ1) is 11.9. The van der Waals surface area contributed by atoms with E-state index in [-0.39, 0.29) is 6.54 Å². The van der Waals surface area contributed by atoms with E-state index in [0.717, 1.165) is 15.8 Å². The first-order valence-electron chi connectivity index (χ1n) is 7.66. The monoisotopic (exact) mass is 339 g/mol. The van der Waals surface area contributed by atoms with Crippen LogP contribution in [0, 0.1) is 13.8 Å². The van der Waals surface area contributed by atoms with Crippen LogP contribution in [0.15, 0.2) is 47.4 Å². The highest BCUT2D eigenvalue weighted by Gasteiger charge is 2.13. The number of carbonyl (C=O) groups is 2. The number of anilines is 1. The molecule has 0 fully saturated rings. The second kappa shape index (κ2) is 6.60. The minimum Gasteiger partial charge on any atom is -0.307 e. The van der Waals surface area contributed by atoms with Gasteiger partial charge in [0.15, 0.2) is 5.65 Å². The predicted octanol–water partition coefficient (Wildman–Crippen LogP) is 1.46. The van der Waals surface area contributed by atoms with E-state index in [1.807, 2.05) is 26.0 Å². The van der Waals surface area contributed by atoms with Crippen LogP contribution in [0.4, 0.5) is 10.5 Å². The average Bonchev–Trinajstić information content (AvgIpc) is 2.86. The number of nitrogens with zero attached hydrogens (tertiary/aromatic N) is 3. The van der Waals surface area contributed by atoms with Gasteiger partial charge in [0.2, 0.25) is 5.91 Å². The summed E-state index contributed by atoms with van der Waals surface area (Å²) in [6, 6.07) is 9.98. The molecule has 2 N–H and O–H groups in total. The Balaban J connectivity index is 1.66. The molecule has 8 nitrogen and oxygen atoms in total. The summed E-state index contributed by atoms with van der Waals surface area (Å²) in [6.45, 7) is 3.47. The van der Waals surface area contributed by atoms with Crippen molar-refractivity contribution >= 4 is 23.3 Å². The van der Waals surface area contributed by atoms with Crippen LogP contribution in [0.25, 0.3) is 5.65 Å². The van der Waals surface area contributed by atoms with Gasteiger partial charge in [-0.25, -0.2) is 14.3 Å². The van der Waals surface area contributed by atoms with Crippen molar-refractivity contribution < 1.29 is 9.59 Å². The van der Waals surface area contributed by atoms with Crippen molar-refractivity contribution in [3.8, 4) is 0 Å². The first-order valence-corrected chi connectivity index (χ1v) is 7.66. The number of rotatable bonds is 3. The van der Waals surface area contributed by atoms with Crippen molar-refractivity contribution in [1.82, 2.24) is 19.5 Å². The molecular weight excluding hydrogens is 322 g/mol. The molecule has 0 saturated heterocycles. The summed E-state index contributed by atoms with van der Waals surface area (Å²) >= 11 is 0. The van der Waals surface area contributed by atoms with Crippen LogP contribution in [0.2, 0.25) is 0 Å². The molecule has 3 amide bonds. The summed E-state index contributed by atoms with van der Waals surface area (Å²) in [7, 11) is 0. The van der Waals surface area contributed by atoms with E-state index in [1.54, 1.807) is 30.5 Å². The summed E-state index contributed by atoms with van der Waals surface area (Å²) in [4.78, 5) is 36.1. The number of amides is 3. The minimum absolute atomic E-state index is 0.346.